The van der Waals surface area contributed by atoms with Crippen LogP contribution < -0.4 is 15.5 Å². The summed E-state index contributed by atoms with van der Waals surface area (Å²) in [6.07, 6.45) is 1.70. The first kappa shape index (κ1) is 17.5. The SMILES string of the molecule is Cc1cc(Nc2ncn(-c3ccccc3)n2)cc(N2CCNC(CO)C2)c1. The number of rotatable bonds is 5. The number of aromatic nitrogens is 3. The molecule has 0 radical (unpaired) electrons. The number of piperazine rings is 1. The normalized spacial score (nSPS) is 17.1. The van der Waals surface area contributed by atoms with Gasteiger partial charge >= 0.3 is 0 Å². The number of nitrogens with zero attached hydrogens (tertiary/aromatic N) is 4. The van der Waals surface area contributed by atoms with Crippen LogP contribution in [0.15, 0.2) is 54.9 Å². The highest BCUT2D eigenvalue weighted by Gasteiger charge is 2.19. The Kier molecular flexibility index (Phi) is 5.04. The zero-order valence-corrected chi connectivity index (χ0v) is 15.3. The van der Waals surface area contributed by atoms with E-state index in [1.165, 1.54) is 0 Å². The minimum atomic E-state index is 0.110. The van der Waals surface area contributed by atoms with E-state index < -0.39 is 0 Å². The average molecular weight is 364 g/mol. The van der Waals surface area contributed by atoms with Crippen molar-refractivity contribution in [2.45, 2.75) is 13.0 Å². The minimum absolute atomic E-state index is 0.110. The predicted molar refractivity (Wildman–Crippen MR) is 107 cm³/mol. The molecular formula is C20H24N6O. The smallest absolute Gasteiger partial charge is 0.246 e. The number of anilines is 3. The van der Waals surface area contributed by atoms with Gasteiger partial charge in [-0.1, -0.05) is 18.2 Å². The fraction of sp³-hybridized carbons (Fsp3) is 0.300. The third-order valence-corrected chi connectivity index (χ3v) is 4.67. The number of aliphatic hydroxyl groups is 1. The molecule has 1 aliphatic rings. The van der Waals surface area contributed by atoms with E-state index >= 15 is 0 Å². The Morgan fingerprint density at radius 2 is 2.04 bits per heavy atom. The summed E-state index contributed by atoms with van der Waals surface area (Å²) in [6, 6.07) is 16.4. The zero-order chi connectivity index (χ0) is 18.6. The van der Waals surface area contributed by atoms with E-state index in [0.717, 1.165) is 42.3 Å². The fourth-order valence-electron chi connectivity index (χ4n) is 3.35. The lowest BCUT2D eigenvalue weighted by Crippen LogP contribution is -2.52. The third kappa shape index (κ3) is 4.10. The van der Waals surface area contributed by atoms with Crippen molar-refractivity contribution in [3.05, 3.63) is 60.4 Å². The Bertz CT molecular complexity index is 894. The van der Waals surface area contributed by atoms with Crippen molar-refractivity contribution in [3.8, 4) is 5.69 Å². The maximum atomic E-state index is 9.44. The number of benzene rings is 2. The van der Waals surface area contributed by atoms with Crippen molar-refractivity contribution in [2.24, 2.45) is 0 Å². The maximum absolute atomic E-state index is 9.44. The highest BCUT2D eigenvalue weighted by Crippen LogP contribution is 2.25. The van der Waals surface area contributed by atoms with Gasteiger partial charge in [-0.2, -0.15) is 4.98 Å². The van der Waals surface area contributed by atoms with Crippen molar-refractivity contribution in [3.63, 3.8) is 0 Å². The van der Waals surface area contributed by atoms with Gasteiger partial charge in [0, 0.05) is 37.1 Å². The molecular weight excluding hydrogens is 340 g/mol. The summed E-state index contributed by atoms with van der Waals surface area (Å²) >= 11 is 0. The van der Waals surface area contributed by atoms with Gasteiger partial charge in [0.15, 0.2) is 0 Å². The second kappa shape index (κ2) is 7.77. The van der Waals surface area contributed by atoms with Crippen molar-refractivity contribution in [1.29, 1.82) is 0 Å². The van der Waals surface area contributed by atoms with Crippen molar-refractivity contribution in [2.75, 3.05) is 36.5 Å². The summed E-state index contributed by atoms with van der Waals surface area (Å²) in [5.41, 5.74) is 4.23. The molecule has 1 aromatic heterocycles. The molecule has 140 valence electrons. The summed E-state index contributed by atoms with van der Waals surface area (Å²) in [6.45, 7) is 4.80. The molecule has 1 aliphatic heterocycles. The molecule has 2 heterocycles. The molecule has 4 rings (SSSR count). The Hall–Kier alpha value is -2.90. The summed E-state index contributed by atoms with van der Waals surface area (Å²) in [5, 5.41) is 20.6. The molecule has 0 saturated carbocycles. The summed E-state index contributed by atoms with van der Waals surface area (Å²) in [7, 11) is 0. The first-order valence-corrected chi connectivity index (χ1v) is 9.16. The van der Waals surface area contributed by atoms with E-state index in [4.69, 9.17) is 0 Å². The topological polar surface area (TPSA) is 78.2 Å². The summed E-state index contributed by atoms with van der Waals surface area (Å²) in [4.78, 5) is 6.67. The lowest BCUT2D eigenvalue weighted by atomic mass is 10.1. The van der Waals surface area contributed by atoms with Gasteiger partial charge in [-0.05, 0) is 42.8 Å². The predicted octanol–water partition coefficient (Wildman–Crippen LogP) is 2.09. The number of para-hydroxylation sites is 1. The number of hydrogen-bond acceptors (Lipinski definition) is 6. The van der Waals surface area contributed by atoms with E-state index in [9.17, 15) is 5.11 Å². The highest BCUT2D eigenvalue weighted by atomic mass is 16.3. The van der Waals surface area contributed by atoms with Crippen molar-refractivity contribution >= 4 is 17.3 Å². The zero-order valence-electron chi connectivity index (χ0n) is 15.3. The highest BCUT2D eigenvalue weighted by molar-refractivity contribution is 5.64. The minimum Gasteiger partial charge on any atom is -0.395 e. The van der Waals surface area contributed by atoms with Crippen LogP contribution in [0.3, 0.4) is 0 Å². The second-order valence-corrected chi connectivity index (χ2v) is 6.81. The second-order valence-electron chi connectivity index (χ2n) is 6.81. The summed E-state index contributed by atoms with van der Waals surface area (Å²) < 4.78 is 1.75. The van der Waals surface area contributed by atoms with Gasteiger partial charge < -0.3 is 20.6 Å². The largest absolute Gasteiger partial charge is 0.395 e. The Morgan fingerprint density at radius 1 is 1.19 bits per heavy atom. The number of aryl methyl sites for hydroxylation is 1. The van der Waals surface area contributed by atoms with Crippen LogP contribution in [0.1, 0.15) is 5.56 Å². The van der Waals surface area contributed by atoms with Gasteiger partial charge in [-0.3, -0.25) is 0 Å². The molecule has 1 atom stereocenters. The quantitative estimate of drug-likeness (QED) is 0.643. The van der Waals surface area contributed by atoms with Crippen LogP contribution in [0.5, 0.6) is 0 Å². The molecule has 1 saturated heterocycles. The lowest BCUT2D eigenvalue weighted by molar-refractivity contribution is 0.235. The molecule has 0 spiro atoms. The molecule has 2 aromatic carbocycles. The van der Waals surface area contributed by atoms with Gasteiger partial charge in [0.05, 0.1) is 12.3 Å². The van der Waals surface area contributed by atoms with Gasteiger partial charge in [0.2, 0.25) is 5.95 Å². The molecule has 1 fully saturated rings. The molecule has 0 aliphatic carbocycles. The summed E-state index contributed by atoms with van der Waals surface area (Å²) in [5.74, 6) is 0.559. The molecule has 7 heteroatoms. The molecule has 0 bridgehead atoms. The third-order valence-electron chi connectivity index (χ3n) is 4.67. The van der Waals surface area contributed by atoms with Crippen molar-refractivity contribution in [1.82, 2.24) is 20.1 Å². The molecule has 3 aromatic rings. The van der Waals surface area contributed by atoms with Crippen LogP contribution in [0.25, 0.3) is 5.69 Å². The van der Waals surface area contributed by atoms with E-state index in [-0.39, 0.29) is 12.6 Å². The number of aliphatic hydroxyl groups excluding tert-OH is 1. The van der Waals surface area contributed by atoms with Gasteiger partial charge in [-0.15, -0.1) is 5.10 Å². The molecule has 27 heavy (non-hydrogen) atoms. The van der Waals surface area contributed by atoms with Crippen LogP contribution >= 0.6 is 0 Å². The van der Waals surface area contributed by atoms with Crippen LogP contribution in [0.4, 0.5) is 17.3 Å². The lowest BCUT2D eigenvalue weighted by Gasteiger charge is -2.34. The maximum Gasteiger partial charge on any atom is 0.246 e. The Labute approximate surface area is 158 Å². The van der Waals surface area contributed by atoms with E-state index in [2.05, 4.69) is 50.7 Å². The van der Waals surface area contributed by atoms with Gasteiger partial charge in [0.1, 0.15) is 6.33 Å². The monoisotopic (exact) mass is 364 g/mol. The van der Waals surface area contributed by atoms with Crippen LogP contribution in [0, 0.1) is 6.92 Å². The van der Waals surface area contributed by atoms with E-state index in [1.54, 1.807) is 11.0 Å². The van der Waals surface area contributed by atoms with Gasteiger partial charge in [-0.25, -0.2) is 4.68 Å². The first-order valence-electron chi connectivity index (χ1n) is 9.16. The number of nitrogens with one attached hydrogen (secondary N) is 2. The fourth-order valence-corrected chi connectivity index (χ4v) is 3.35. The van der Waals surface area contributed by atoms with Crippen LogP contribution in [-0.4, -0.2) is 52.2 Å². The molecule has 3 N–H and O–H groups in total. The Morgan fingerprint density at radius 3 is 2.85 bits per heavy atom. The van der Waals surface area contributed by atoms with E-state index in [1.807, 2.05) is 30.3 Å². The molecule has 0 amide bonds. The van der Waals surface area contributed by atoms with Crippen LogP contribution in [0.2, 0.25) is 0 Å². The molecule has 7 nitrogen and oxygen atoms in total. The standard InChI is InChI=1S/C20H24N6O/c1-15-9-16(11-19(10-15)25-8-7-21-17(12-25)13-27)23-20-22-14-26(24-20)18-5-3-2-4-6-18/h2-6,9-11,14,17,21,27H,7-8,12-13H2,1H3,(H,23,24). The number of hydrogen-bond donors (Lipinski definition) is 3. The average Bonchev–Trinajstić information content (AvgIpc) is 3.17. The van der Waals surface area contributed by atoms with E-state index in [0.29, 0.717) is 5.95 Å². The molecule has 1 unspecified atom stereocenters. The van der Waals surface area contributed by atoms with Crippen molar-refractivity contribution < 1.29 is 5.11 Å². The first-order chi connectivity index (χ1) is 13.2. The Balaban J connectivity index is 1.53. The van der Waals surface area contributed by atoms with Crippen LogP contribution in [-0.2, 0) is 0 Å². The van der Waals surface area contributed by atoms with Gasteiger partial charge in [0.25, 0.3) is 0 Å².